The second-order valence-corrected chi connectivity index (χ2v) is 4.72. The average molecular weight is 317 g/mol. The second kappa shape index (κ2) is 5.64. The molecule has 0 spiro atoms. The van der Waals surface area contributed by atoms with Gasteiger partial charge in [0, 0.05) is 5.56 Å². The van der Waals surface area contributed by atoms with Crippen LogP contribution >= 0.6 is 23.2 Å². The Morgan fingerprint density at radius 2 is 1.60 bits per heavy atom. The van der Waals surface area contributed by atoms with Gasteiger partial charge in [-0.25, -0.2) is 8.78 Å². The summed E-state index contributed by atoms with van der Waals surface area (Å²) in [6.07, 6.45) is 0. The van der Waals surface area contributed by atoms with Crippen LogP contribution in [-0.2, 0) is 0 Å². The van der Waals surface area contributed by atoms with E-state index in [0.29, 0.717) is 0 Å². The molecule has 0 saturated carbocycles. The number of nitrogens with two attached hydrogens (primary N) is 1. The van der Waals surface area contributed by atoms with E-state index in [1.54, 1.807) is 0 Å². The number of nitrogen functional groups attached to an aromatic ring is 1. The van der Waals surface area contributed by atoms with Crippen molar-refractivity contribution in [3.63, 3.8) is 0 Å². The minimum absolute atomic E-state index is 0.0388. The third-order valence-corrected chi connectivity index (χ3v) is 3.17. The van der Waals surface area contributed by atoms with Crippen LogP contribution in [0.2, 0.25) is 10.0 Å². The number of anilines is 2. The highest BCUT2D eigenvalue weighted by Crippen LogP contribution is 2.29. The Bertz CT molecular complexity index is 649. The van der Waals surface area contributed by atoms with Crippen LogP contribution in [0.1, 0.15) is 10.4 Å². The van der Waals surface area contributed by atoms with Gasteiger partial charge in [-0.3, -0.25) is 4.79 Å². The molecule has 0 fully saturated rings. The summed E-state index contributed by atoms with van der Waals surface area (Å²) >= 11 is 11.6. The number of carbonyl (C=O) groups excluding carboxylic acids is 1. The van der Waals surface area contributed by atoms with Crippen molar-refractivity contribution in [1.29, 1.82) is 0 Å². The third kappa shape index (κ3) is 2.84. The molecule has 2 rings (SSSR count). The van der Waals surface area contributed by atoms with E-state index in [0.717, 1.165) is 12.1 Å². The molecule has 0 bridgehead atoms. The Labute approximate surface area is 123 Å². The lowest BCUT2D eigenvalue weighted by Gasteiger charge is -2.09. The first-order valence-electron chi connectivity index (χ1n) is 5.40. The molecule has 0 aromatic heterocycles. The highest BCUT2D eigenvalue weighted by atomic mass is 35.5. The van der Waals surface area contributed by atoms with Gasteiger partial charge in [-0.1, -0.05) is 29.3 Å². The molecule has 0 aliphatic rings. The zero-order chi connectivity index (χ0) is 14.9. The Balaban J connectivity index is 2.34. The summed E-state index contributed by atoms with van der Waals surface area (Å²) in [6.45, 7) is 0. The molecule has 1 amide bonds. The SMILES string of the molecule is Nc1c(Cl)cc(C(=O)Nc2c(F)cccc2F)cc1Cl. The highest BCUT2D eigenvalue weighted by Gasteiger charge is 2.15. The zero-order valence-electron chi connectivity index (χ0n) is 9.88. The minimum atomic E-state index is -0.883. The van der Waals surface area contributed by atoms with Gasteiger partial charge in [-0.2, -0.15) is 0 Å². The number of hydrogen-bond acceptors (Lipinski definition) is 2. The van der Waals surface area contributed by atoms with Crippen molar-refractivity contribution in [3.8, 4) is 0 Å². The standard InChI is InChI=1S/C13H8Cl2F2N2O/c14-7-4-6(5-8(15)11(7)18)13(20)19-12-9(16)2-1-3-10(12)17/h1-5H,18H2,(H,19,20). The number of carbonyl (C=O) groups is 1. The summed E-state index contributed by atoms with van der Waals surface area (Å²) < 4.78 is 26.8. The van der Waals surface area contributed by atoms with E-state index >= 15 is 0 Å². The minimum Gasteiger partial charge on any atom is -0.396 e. The predicted molar refractivity (Wildman–Crippen MR) is 75.2 cm³/mol. The molecule has 2 aromatic rings. The van der Waals surface area contributed by atoms with E-state index in [4.69, 9.17) is 28.9 Å². The van der Waals surface area contributed by atoms with Crippen LogP contribution in [0, 0.1) is 11.6 Å². The van der Waals surface area contributed by atoms with Crippen molar-refractivity contribution in [3.05, 3.63) is 57.6 Å². The van der Waals surface area contributed by atoms with Gasteiger partial charge >= 0.3 is 0 Å². The largest absolute Gasteiger partial charge is 0.396 e. The van der Waals surface area contributed by atoms with Crippen LogP contribution in [0.5, 0.6) is 0 Å². The fourth-order valence-corrected chi connectivity index (χ4v) is 2.01. The van der Waals surface area contributed by atoms with E-state index in [-0.39, 0.29) is 21.3 Å². The van der Waals surface area contributed by atoms with Crippen molar-refractivity contribution < 1.29 is 13.6 Å². The van der Waals surface area contributed by atoms with E-state index in [9.17, 15) is 13.6 Å². The molecular formula is C13H8Cl2F2N2O. The maximum absolute atomic E-state index is 13.4. The van der Waals surface area contributed by atoms with Crippen molar-refractivity contribution in [1.82, 2.24) is 0 Å². The fourth-order valence-electron chi connectivity index (χ4n) is 1.52. The maximum Gasteiger partial charge on any atom is 0.255 e. The average Bonchev–Trinajstić information content (AvgIpc) is 2.39. The monoisotopic (exact) mass is 316 g/mol. The van der Waals surface area contributed by atoms with E-state index in [2.05, 4.69) is 5.32 Å². The first kappa shape index (κ1) is 14.6. The molecule has 0 aliphatic carbocycles. The van der Waals surface area contributed by atoms with Gasteiger partial charge in [-0.05, 0) is 24.3 Å². The maximum atomic E-state index is 13.4. The normalized spacial score (nSPS) is 10.4. The van der Waals surface area contributed by atoms with Crippen molar-refractivity contribution in [2.45, 2.75) is 0 Å². The van der Waals surface area contributed by atoms with Gasteiger partial charge in [0.05, 0.1) is 15.7 Å². The van der Waals surface area contributed by atoms with Gasteiger partial charge in [-0.15, -0.1) is 0 Å². The summed E-state index contributed by atoms with van der Waals surface area (Å²) in [5, 5.41) is 2.28. The Morgan fingerprint density at radius 1 is 1.10 bits per heavy atom. The number of para-hydroxylation sites is 1. The molecule has 2 aromatic carbocycles. The smallest absolute Gasteiger partial charge is 0.255 e. The van der Waals surface area contributed by atoms with Gasteiger partial charge < -0.3 is 11.1 Å². The van der Waals surface area contributed by atoms with Crippen LogP contribution in [0.3, 0.4) is 0 Å². The molecule has 104 valence electrons. The molecule has 0 unspecified atom stereocenters. The van der Waals surface area contributed by atoms with Crippen LogP contribution in [0.15, 0.2) is 30.3 Å². The van der Waals surface area contributed by atoms with Crippen molar-refractivity contribution in [2.24, 2.45) is 0 Å². The number of nitrogens with one attached hydrogen (secondary N) is 1. The quantitative estimate of drug-likeness (QED) is 0.819. The Morgan fingerprint density at radius 3 is 2.10 bits per heavy atom. The fraction of sp³-hybridized carbons (Fsp3) is 0. The van der Waals surface area contributed by atoms with E-state index in [1.807, 2.05) is 0 Å². The number of rotatable bonds is 2. The molecular weight excluding hydrogens is 309 g/mol. The Hall–Kier alpha value is -1.85. The van der Waals surface area contributed by atoms with Crippen LogP contribution in [0.4, 0.5) is 20.2 Å². The summed E-state index contributed by atoms with van der Waals surface area (Å²) in [5.41, 5.74) is 5.16. The molecule has 3 N–H and O–H groups in total. The second-order valence-electron chi connectivity index (χ2n) is 3.90. The molecule has 0 saturated heterocycles. The third-order valence-electron chi connectivity index (χ3n) is 2.54. The molecule has 7 heteroatoms. The first-order valence-corrected chi connectivity index (χ1v) is 6.15. The van der Waals surface area contributed by atoms with Gasteiger partial charge in [0.2, 0.25) is 0 Å². The number of benzene rings is 2. The molecule has 0 radical (unpaired) electrons. The van der Waals surface area contributed by atoms with Gasteiger partial charge in [0.15, 0.2) is 0 Å². The molecule has 20 heavy (non-hydrogen) atoms. The highest BCUT2D eigenvalue weighted by molar-refractivity contribution is 6.39. The van der Waals surface area contributed by atoms with E-state index < -0.39 is 23.2 Å². The summed E-state index contributed by atoms with van der Waals surface area (Å²) in [7, 11) is 0. The van der Waals surface area contributed by atoms with E-state index in [1.165, 1.54) is 18.2 Å². The zero-order valence-corrected chi connectivity index (χ0v) is 11.4. The molecule has 0 aliphatic heterocycles. The van der Waals surface area contributed by atoms with Crippen LogP contribution in [0.25, 0.3) is 0 Å². The topological polar surface area (TPSA) is 55.1 Å². The lowest BCUT2D eigenvalue weighted by molar-refractivity contribution is 0.102. The molecule has 0 atom stereocenters. The summed E-state index contributed by atoms with van der Waals surface area (Å²) in [5.74, 6) is -2.52. The summed E-state index contributed by atoms with van der Waals surface area (Å²) in [4.78, 5) is 11.9. The number of halogens is 4. The number of amides is 1. The van der Waals surface area contributed by atoms with Gasteiger partial charge in [0.1, 0.15) is 17.3 Å². The summed E-state index contributed by atoms with van der Waals surface area (Å²) in [6, 6.07) is 5.77. The first-order chi connectivity index (χ1) is 9.40. The van der Waals surface area contributed by atoms with Crippen LogP contribution < -0.4 is 11.1 Å². The lowest BCUT2D eigenvalue weighted by Crippen LogP contribution is -2.14. The van der Waals surface area contributed by atoms with Crippen molar-refractivity contribution >= 4 is 40.5 Å². The van der Waals surface area contributed by atoms with Crippen molar-refractivity contribution in [2.75, 3.05) is 11.1 Å². The molecule has 3 nitrogen and oxygen atoms in total. The Kier molecular flexibility index (Phi) is 4.11. The molecule has 0 heterocycles. The lowest BCUT2D eigenvalue weighted by atomic mass is 10.2. The number of hydrogen-bond donors (Lipinski definition) is 2. The van der Waals surface area contributed by atoms with Gasteiger partial charge in [0.25, 0.3) is 5.91 Å². The predicted octanol–water partition coefficient (Wildman–Crippen LogP) is 4.11. The van der Waals surface area contributed by atoms with Crippen LogP contribution in [-0.4, -0.2) is 5.91 Å².